The van der Waals surface area contributed by atoms with Gasteiger partial charge in [0.2, 0.25) is 0 Å². The zero-order valence-corrected chi connectivity index (χ0v) is 19.9. The topological polar surface area (TPSA) is 149 Å². The first-order valence-corrected chi connectivity index (χ1v) is 11.5. The molecular formula is C30H26K4O8. The van der Waals surface area contributed by atoms with Gasteiger partial charge in [-0.1, -0.05) is 48.5 Å². The molecule has 4 aromatic carbocycles. The Morgan fingerprint density at radius 2 is 0.619 bits per heavy atom. The zero-order valence-electron chi connectivity index (χ0n) is 19.9. The summed E-state index contributed by atoms with van der Waals surface area (Å²) in [5.74, 6) is -4.35. The normalized spacial score (nSPS) is 10.0. The van der Waals surface area contributed by atoms with E-state index in [1.54, 1.807) is 48.5 Å². The van der Waals surface area contributed by atoms with E-state index in [0.29, 0.717) is 16.7 Å². The molecular weight excluding hydrogens is 645 g/mol. The summed E-state index contributed by atoms with van der Waals surface area (Å²) < 4.78 is 0. The number of carbonyl (C=O) groups is 4. The van der Waals surface area contributed by atoms with Crippen LogP contribution in [0.3, 0.4) is 0 Å². The van der Waals surface area contributed by atoms with Gasteiger partial charge in [-0.05, 0) is 77.2 Å². The zero-order chi connectivity index (χ0) is 27.4. The van der Waals surface area contributed by atoms with Crippen LogP contribution in [0.25, 0.3) is 0 Å². The average Bonchev–Trinajstić information content (AvgIpc) is 2.92. The molecule has 42 heavy (non-hydrogen) atoms. The summed E-state index contributed by atoms with van der Waals surface area (Å²) in [7, 11) is 0. The van der Waals surface area contributed by atoms with Crippen molar-refractivity contribution in [3.05, 3.63) is 142 Å². The Balaban J connectivity index is 0.00000420. The Labute approximate surface area is 412 Å². The fourth-order valence-corrected chi connectivity index (χ4v) is 4.57. The first kappa shape index (κ1) is 43.3. The van der Waals surface area contributed by atoms with Crippen LogP contribution in [0, 0.1) is 0 Å². The van der Waals surface area contributed by atoms with Crippen molar-refractivity contribution < 1.29 is 39.6 Å². The van der Waals surface area contributed by atoms with Gasteiger partial charge in [0.15, 0.2) is 0 Å². The minimum atomic E-state index is -1.09. The molecule has 0 unspecified atom stereocenters. The van der Waals surface area contributed by atoms with E-state index in [4.69, 9.17) is 0 Å². The van der Waals surface area contributed by atoms with Gasteiger partial charge >= 0.3 is 229 Å². The first-order valence-electron chi connectivity index (χ1n) is 11.5. The van der Waals surface area contributed by atoms with E-state index >= 15 is 0 Å². The molecule has 0 spiro atoms. The molecule has 0 heterocycles. The van der Waals surface area contributed by atoms with Crippen LogP contribution in [0.1, 0.15) is 63.7 Å². The number of carboxylic acids is 4. The molecule has 0 aliphatic rings. The second-order valence-electron chi connectivity index (χ2n) is 8.73. The summed E-state index contributed by atoms with van der Waals surface area (Å²) in [6, 6.07) is 25.2. The van der Waals surface area contributed by atoms with Crippen molar-refractivity contribution in [2.24, 2.45) is 0 Å². The van der Waals surface area contributed by atoms with E-state index in [-0.39, 0.29) is 234 Å². The van der Waals surface area contributed by atoms with Crippen LogP contribution in [0.15, 0.2) is 97.1 Å². The summed E-state index contributed by atoms with van der Waals surface area (Å²) >= 11 is 0. The second-order valence-corrected chi connectivity index (χ2v) is 8.73. The molecule has 0 atom stereocenters. The molecule has 4 N–H and O–H groups in total. The molecule has 12 heteroatoms. The van der Waals surface area contributed by atoms with Crippen molar-refractivity contribution in [2.45, 2.75) is 11.8 Å². The number of hydrogen-bond donors (Lipinski definition) is 4. The fourth-order valence-electron chi connectivity index (χ4n) is 4.57. The Morgan fingerprint density at radius 1 is 0.405 bits per heavy atom. The van der Waals surface area contributed by atoms with Gasteiger partial charge in [0.05, 0.1) is 22.3 Å². The summed E-state index contributed by atoms with van der Waals surface area (Å²) in [6.45, 7) is 0. The van der Waals surface area contributed by atoms with Crippen molar-refractivity contribution in [1.82, 2.24) is 0 Å². The Kier molecular flexibility index (Phi) is 20.5. The molecule has 4 aromatic rings. The van der Waals surface area contributed by atoms with Gasteiger partial charge in [-0.25, -0.2) is 19.2 Å². The third kappa shape index (κ3) is 10.4. The molecule has 0 radical (unpaired) electrons. The molecule has 4 rings (SSSR count). The van der Waals surface area contributed by atoms with E-state index in [2.05, 4.69) is 0 Å². The molecule has 0 fully saturated rings. The summed E-state index contributed by atoms with van der Waals surface area (Å²) in [4.78, 5) is 45.9. The van der Waals surface area contributed by atoms with Crippen LogP contribution in [-0.2, 0) is 11.8 Å². The number of benzene rings is 4. The molecule has 0 amide bonds. The molecule has 0 bridgehead atoms. The molecule has 0 aromatic heterocycles. The van der Waals surface area contributed by atoms with Crippen LogP contribution in [0.4, 0.5) is 0 Å². The summed E-state index contributed by atoms with van der Waals surface area (Å²) in [5, 5.41) is 37.6. The van der Waals surface area contributed by atoms with Crippen LogP contribution in [0.5, 0.6) is 0 Å². The number of rotatable bonds is 9. The van der Waals surface area contributed by atoms with Gasteiger partial charge in [-0.15, -0.1) is 0 Å². The molecule has 0 saturated carbocycles. The fraction of sp³-hybridized carbons (Fsp3) is 0.0667. The molecule has 0 aliphatic heterocycles. The van der Waals surface area contributed by atoms with Gasteiger partial charge in [0, 0.05) is 5.41 Å². The summed E-state index contributed by atoms with van der Waals surface area (Å²) in [5.41, 5.74) is 2.12. The van der Waals surface area contributed by atoms with Crippen molar-refractivity contribution in [3.8, 4) is 0 Å². The average molecular weight is 671 g/mol. The SMILES string of the molecule is O=C(O)c1ccc(CC(c2ccc(C(=O)O)cc2)(c2ccc(C(=O)O)cc2)c2ccc(C(=O)O)cc2)cc1.[KH].[KH].[KH].[KH]. The Morgan fingerprint density at radius 3 is 0.833 bits per heavy atom. The van der Waals surface area contributed by atoms with Crippen molar-refractivity contribution in [1.29, 1.82) is 0 Å². The quantitative estimate of drug-likeness (QED) is 0.157. The third-order valence-corrected chi connectivity index (χ3v) is 6.54. The van der Waals surface area contributed by atoms with Gasteiger partial charge in [-0.2, -0.15) is 0 Å². The van der Waals surface area contributed by atoms with Crippen LogP contribution in [-0.4, -0.2) is 250 Å². The van der Waals surface area contributed by atoms with Crippen LogP contribution in [0.2, 0.25) is 0 Å². The maximum absolute atomic E-state index is 11.5. The van der Waals surface area contributed by atoms with E-state index in [1.807, 2.05) is 0 Å². The Bertz CT molecular complexity index is 1380. The predicted octanol–water partition coefficient (Wildman–Crippen LogP) is 2.46. The summed E-state index contributed by atoms with van der Waals surface area (Å²) in [6.07, 6.45) is 0.276. The Hall–Kier alpha value is 1.31. The van der Waals surface area contributed by atoms with Crippen LogP contribution < -0.4 is 0 Å². The van der Waals surface area contributed by atoms with Crippen LogP contribution >= 0.6 is 0 Å². The van der Waals surface area contributed by atoms with E-state index < -0.39 is 29.3 Å². The molecule has 198 valence electrons. The second kappa shape index (κ2) is 19.8. The minimum absolute atomic E-state index is 0. The monoisotopic (exact) mass is 670 g/mol. The van der Waals surface area contributed by atoms with E-state index in [1.165, 1.54) is 48.5 Å². The number of hydrogen-bond acceptors (Lipinski definition) is 4. The van der Waals surface area contributed by atoms with Gasteiger partial charge in [0.25, 0.3) is 0 Å². The van der Waals surface area contributed by atoms with Gasteiger partial charge in [-0.3, -0.25) is 0 Å². The molecule has 0 saturated heterocycles. The number of aromatic carboxylic acids is 4. The standard InChI is InChI=1S/C30H22O8.4K.4H/c31-26(32)19-3-1-18(2-4-19)17-30(23-11-5-20(6-12-23)27(33)34,24-13-7-21(8-14-24)28(35)36)25-15-9-22(10-16-25)29(37)38;;;;;;;;/h1-16H,17H2,(H,31,32)(H,33,34)(H,35,36)(H,37,38);;;;;;;;. The van der Waals surface area contributed by atoms with E-state index in [9.17, 15) is 39.6 Å². The van der Waals surface area contributed by atoms with E-state index in [0.717, 1.165) is 5.56 Å². The maximum atomic E-state index is 11.5. The first-order chi connectivity index (χ1) is 18.1. The van der Waals surface area contributed by atoms with Gasteiger partial charge < -0.3 is 20.4 Å². The number of carboxylic acid groups (broad SMARTS) is 4. The van der Waals surface area contributed by atoms with Crippen molar-refractivity contribution >= 4 is 229 Å². The third-order valence-electron chi connectivity index (χ3n) is 6.54. The molecule has 0 aliphatic carbocycles. The van der Waals surface area contributed by atoms with Crippen molar-refractivity contribution in [2.75, 3.05) is 0 Å². The van der Waals surface area contributed by atoms with Crippen molar-refractivity contribution in [3.63, 3.8) is 0 Å². The van der Waals surface area contributed by atoms with Gasteiger partial charge in [0.1, 0.15) is 0 Å². The predicted molar refractivity (Wildman–Crippen MR) is 166 cm³/mol. The molecule has 8 nitrogen and oxygen atoms in total.